The summed E-state index contributed by atoms with van der Waals surface area (Å²) in [4.78, 5) is 52.9. The van der Waals surface area contributed by atoms with Crippen molar-refractivity contribution in [1.82, 2.24) is 5.32 Å². The monoisotopic (exact) mass is 701 g/mol. The fourth-order valence-electron chi connectivity index (χ4n) is 8.28. The predicted octanol–water partition coefficient (Wildman–Crippen LogP) is 6.75. The molecule has 0 spiro atoms. The Morgan fingerprint density at radius 3 is 2.23 bits per heavy atom. The van der Waals surface area contributed by atoms with Crippen molar-refractivity contribution in [3.05, 3.63) is 87.7 Å². The van der Waals surface area contributed by atoms with Gasteiger partial charge in [-0.15, -0.1) is 0 Å². The van der Waals surface area contributed by atoms with Crippen LogP contribution in [0.3, 0.4) is 0 Å². The van der Waals surface area contributed by atoms with Gasteiger partial charge < -0.3 is 14.8 Å². The van der Waals surface area contributed by atoms with Gasteiger partial charge >= 0.3 is 6.03 Å². The van der Waals surface area contributed by atoms with Crippen molar-refractivity contribution in [1.29, 1.82) is 0 Å². The first-order valence-electron chi connectivity index (χ1n) is 15.7. The summed E-state index contributed by atoms with van der Waals surface area (Å²) in [6.07, 6.45) is 9.01. The van der Waals surface area contributed by atoms with E-state index in [1.165, 1.54) is 81.5 Å². The lowest BCUT2D eigenvalue weighted by Gasteiger charge is -2.57. The van der Waals surface area contributed by atoms with Crippen LogP contribution < -0.4 is 25.0 Å². The van der Waals surface area contributed by atoms with Gasteiger partial charge in [-0.3, -0.25) is 19.7 Å². The lowest BCUT2D eigenvalue weighted by Crippen LogP contribution is -2.54. The number of urea groups is 1. The summed E-state index contributed by atoms with van der Waals surface area (Å²) in [6.45, 7) is -0.361. The van der Waals surface area contributed by atoms with Crippen LogP contribution in [0, 0.1) is 23.6 Å². The van der Waals surface area contributed by atoms with Crippen LogP contribution >= 0.6 is 15.9 Å². The molecule has 5 fully saturated rings. The molecule has 9 nitrogen and oxygen atoms in total. The maximum Gasteiger partial charge on any atom is 0.335 e. The van der Waals surface area contributed by atoms with Crippen LogP contribution in [0.5, 0.6) is 11.5 Å². The number of anilines is 2. The number of methoxy groups -OCH3 is 1. The Labute approximate surface area is 279 Å². The third-order valence-corrected chi connectivity index (χ3v) is 10.6. The van der Waals surface area contributed by atoms with E-state index >= 15 is 0 Å². The first-order valence-corrected chi connectivity index (χ1v) is 16.5. The first kappa shape index (κ1) is 31.1. The molecule has 0 aromatic heterocycles. The number of rotatable bonds is 8. The Hall–Kier alpha value is -4.51. The van der Waals surface area contributed by atoms with Gasteiger partial charge in [-0.1, -0.05) is 28.1 Å². The van der Waals surface area contributed by atoms with E-state index in [1.54, 1.807) is 24.3 Å². The van der Waals surface area contributed by atoms with Crippen molar-refractivity contribution in [2.24, 2.45) is 17.8 Å². The molecule has 242 valence electrons. The number of benzene rings is 3. The molecule has 4 bridgehead atoms. The molecule has 3 aromatic carbocycles. The number of imide groups is 2. The molecule has 5 aliphatic rings. The minimum Gasteiger partial charge on any atom is -0.493 e. The molecule has 8 rings (SSSR count). The molecular formula is C36H33BrFN3O6. The van der Waals surface area contributed by atoms with Gasteiger partial charge in [-0.25, -0.2) is 14.1 Å². The van der Waals surface area contributed by atoms with E-state index in [9.17, 15) is 23.6 Å². The maximum absolute atomic E-state index is 13.7. The molecule has 0 unspecified atom stereocenters. The number of amides is 5. The van der Waals surface area contributed by atoms with Gasteiger partial charge in [0.05, 0.1) is 12.8 Å². The van der Waals surface area contributed by atoms with Crippen molar-refractivity contribution in [3.63, 3.8) is 0 Å². The van der Waals surface area contributed by atoms with E-state index in [2.05, 4.69) is 26.6 Å². The number of halogens is 2. The summed E-state index contributed by atoms with van der Waals surface area (Å²) in [7, 11) is 1.41. The third kappa shape index (κ3) is 6.04. The topological polar surface area (TPSA) is 114 Å². The lowest BCUT2D eigenvalue weighted by molar-refractivity contribution is -0.122. The fourth-order valence-corrected chi connectivity index (χ4v) is 8.72. The molecule has 5 amide bonds. The SMILES string of the molecule is COc1cc(/C=C2\C(=O)NC(=O)N(c3ccc(C45CC6CC(CC(C6)C4)C5)cc3)C2=O)c(Br)cc1OCC(=O)Nc1ccc(F)cc1. The fraction of sp³-hybridized carbons (Fsp3) is 0.333. The van der Waals surface area contributed by atoms with Crippen LogP contribution in [0.25, 0.3) is 6.08 Å². The van der Waals surface area contributed by atoms with Crippen molar-refractivity contribution in [3.8, 4) is 11.5 Å². The summed E-state index contributed by atoms with van der Waals surface area (Å²) in [5, 5.41) is 4.90. The number of nitrogens with zero attached hydrogens (tertiary/aromatic N) is 1. The van der Waals surface area contributed by atoms with E-state index < -0.39 is 29.6 Å². The normalized spacial score (nSPS) is 25.6. The zero-order valence-corrected chi connectivity index (χ0v) is 27.3. The summed E-state index contributed by atoms with van der Waals surface area (Å²) >= 11 is 3.45. The Kier molecular flexibility index (Phi) is 8.11. The lowest BCUT2D eigenvalue weighted by atomic mass is 9.48. The molecule has 4 aliphatic carbocycles. The Morgan fingerprint density at radius 1 is 0.979 bits per heavy atom. The van der Waals surface area contributed by atoms with Crippen LogP contribution in [0.1, 0.15) is 49.7 Å². The van der Waals surface area contributed by atoms with E-state index in [4.69, 9.17) is 9.47 Å². The maximum atomic E-state index is 13.7. The van der Waals surface area contributed by atoms with Gasteiger partial charge in [-0.05, 0) is 127 Å². The van der Waals surface area contributed by atoms with Gasteiger partial charge in [0.1, 0.15) is 11.4 Å². The van der Waals surface area contributed by atoms with Crippen LogP contribution in [0.2, 0.25) is 0 Å². The zero-order chi connectivity index (χ0) is 32.9. The highest BCUT2D eigenvalue weighted by Crippen LogP contribution is 2.60. The minimum atomic E-state index is -0.815. The van der Waals surface area contributed by atoms with E-state index in [-0.39, 0.29) is 29.1 Å². The molecule has 11 heteroatoms. The number of hydrogen-bond acceptors (Lipinski definition) is 6. The largest absolute Gasteiger partial charge is 0.493 e. The molecule has 0 radical (unpaired) electrons. The number of carbonyl (C=O) groups excluding carboxylic acids is 4. The highest BCUT2D eigenvalue weighted by atomic mass is 79.9. The van der Waals surface area contributed by atoms with Crippen LogP contribution in [-0.4, -0.2) is 37.5 Å². The second-order valence-corrected chi connectivity index (χ2v) is 13.9. The van der Waals surface area contributed by atoms with E-state index in [0.717, 1.165) is 22.7 Å². The minimum absolute atomic E-state index is 0.177. The number of carbonyl (C=O) groups is 4. The molecule has 1 heterocycles. The summed E-state index contributed by atoms with van der Waals surface area (Å²) in [5.74, 6) is 0.394. The highest BCUT2D eigenvalue weighted by molar-refractivity contribution is 9.10. The molecular weight excluding hydrogens is 669 g/mol. The summed E-state index contributed by atoms with van der Waals surface area (Å²) in [6, 6.07) is 15.3. The zero-order valence-electron chi connectivity index (χ0n) is 25.7. The van der Waals surface area contributed by atoms with E-state index in [1.807, 2.05) is 12.1 Å². The Bertz CT molecular complexity index is 1770. The van der Waals surface area contributed by atoms with Gasteiger partial charge in [0.2, 0.25) is 0 Å². The number of hydrogen-bond donors (Lipinski definition) is 2. The number of nitrogens with one attached hydrogen (secondary N) is 2. The van der Waals surface area contributed by atoms with Crippen LogP contribution in [0.15, 0.2) is 70.7 Å². The van der Waals surface area contributed by atoms with Crippen molar-refractivity contribution in [2.75, 3.05) is 23.9 Å². The van der Waals surface area contributed by atoms with Crippen LogP contribution in [-0.2, 0) is 19.8 Å². The van der Waals surface area contributed by atoms with Crippen molar-refractivity contribution >= 4 is 57.1 Å². The van der Waals surface area contributed by atoms with Gasteiger partial charge in [0.25, 0.3) is 17.7 Å². The predicted molar refractivity (Wildman–Crippen MR) is 177 cm³/mol. The second kappa shape index (κ2) is 12.3. The van der Waals surface area contributed by atoms with Gasteiger partial charge in [0.15, 0.2) is 18.1 Å². The summed E-state index contributed by atoms with van der Waals surface area (Å²) < 4.78 is 24.7. The molecule has 2 N–H and O–H groups in total. The average molecular weight is 703 g/mol. The van der Waals surface area contributed by atoms with Crippen molar-refractivity contribution < 1.29 is 33.0 Å². The van der Waals surface area contributed by atoms with E-state index in [0.29, 0.717) is 21.4 Å². The Morgan fingerprint density at radius 2 is 1.62 bits per heavy atom. The smallest absolute Gasteiger partial charge is 0.335 e. The molecule has 4 saturated carbocycles. The quantitative estimate of drug-likeness (QED) is 0.199. The third-order valence-electron chi connectivity index (χ3n) is 9.95. The molecule has 3 aromatic rings. The second-order valence-electron chi connectivity index (χ2n) is 13.1. The molecule has 47 heavy (non-hydrogen) atoms. The highest BCUT2D eigenvalue weighted by Gasteiger charge is 2.51. The van der Waals surface area contributed by atoms with Gasteiger partial charge in [0, 0.05) is 10.2 Å². The van der Waals surface area contributed by atoms with Gasteiger partial charge in [-0.2, -0.15) is 0 Å². The summed E-state index contributed by atoms with van der Waals surface area (Å²) in [5.41, 5.74) is 2.43. The van der Waals surface area contributed by atoms with Crippen LogP contribution in [0.4, 0.5) is 20.6 Å². The molecule has 1 saturated heterocycles. The molecule has 1 aliphatic heterocycles. The average Bonchev–Trinajstić information content (AvgIpc) is 3.03. The standard InChI is InChI=1S/C36H33BrFN3O6/c1-46-30-14-23(29(37)15-31(30)47-19-32(42)39-26-6-4-25(38)5-7-26)13-28-33(43)40-35(45)41(34(28)44)27-8-2-24(3-9-27)36-16-20-10-21(17-36)12-22(11-20)18-36/h2-9,13-15,20-22H,10-12,16-19H2,1H3,(H,39,42)(H,40,43,45)/b28-13+. The Balaban J connectivity index is 1.08. The number of ether oxygens (including phenoxy) is 2. The molecule has 0 atom stereocenters. The number of barbiturate groups is 1. The van der Waals surface area contributed by atoms with Crippen molar-refractivity contribution in [2.45, 2.75) is 43.9 Å². The first-order chi connectivity index (χ1) is 22.6.